The minimum atomic E-state index is -1.33. The van der Waals surface area contributed by atoms with Crippen molar-refractivity contribution in [3.8, 4) is 6.07 Å². The van der Waals surface area contributed by atoms with E-state index in [-0.39, 0.29) is 0 Å². The van der Waals surface area contributed by atoms with Gasteiger partial charge in [0.05, 0.1) is 21.8 Å². The third-order valence-electron chi connectivity index (χ3n) is 1.64. The molecule has 0 spiro atoms. The summed E-state index contributed by atoms with van der Waals surface area (Å²) in [6.45, 7) is 1.61. The maximum Gasteiger partial charge on any atom is 0.123 e. The summed E-state index contributed by atoms with van der Waals surface area (Å²) in [7, 11) is -1.33. The number of nitriles is 1. The van der Waals surface area contributed by atoms with Crippen LogP contribution in [0.5, 0.6) is 0 Å². The maximum absolute atomic E-state index is 11.6. The number of para-hydroxylation sites is 1. The Hall–Kier alpha value is -1.34. The van der Waals surface area contributed by atoms with Crippen molar-refractivity contribution < 1.29 is 4.21 Å². The summed E-state index contributed by atoms with van der Waals surface area (Å²) >= 11 is 0. The molecule has 2 atom stereocenters. The van der Waals surface area contributed by atoms with Crippen LogP contribution in [0.25, 0.3) is 0 Å². The number of hydrogen-bond acceptors (Lipinski definition) is 3. The average Bonchev–Trinajstić information content (AvgIpc) is 2.16. The van der Waals surface area contributed by atoms with Crippen molar-refractivity contribution in [1.29, 1.82) is 5.26 Å². The molecule has 13 heavy (non-hydrogen) atoms. The number of anilines is 1. The van der Waals surface area contributed by atoms with Crippen molar-refractivity contribution >= 4 is 16.5 Å². The summed E-state index contributed by atoms with van der Waals surface area (Å²) in [6.07, 6.45) is 0. The number of hydrogen-bond donors (Lipinski definition) is 1. The zero-order valence-electron chi connectivity index (χ0n) is 7.23. The lowest BCUT2D eigenvalue weighted by molar-refractivity contribution is 0.680. The zero-order chi connectivity index (χ0) is 9.84. The second-order valence-corrected chi connectivity index (χ2v) is 4.35. The van der Waals surface area contributed by atoms with Crippen LogP contribution in [0.4, 0.5) is 5.69 Å². The van der Waals surface area contributed by atoms with Gasteiger partial charge in [-0.15, -0.1) is 0 Å². The summed E-state index contributed by atoms with van der Waals surface area (Å²) in [6, 6.07) is 8.82. The van der Waals surface area contributed by atoms with Gasteiger partial charge in [0.1, 0.15) is 5.25 Å². The van der Waals surface area contributed by atoms with Crippen LogP contribution in [0.3, 0.4) is 0 Å². The quantitative estimate of drug-likeness (QED) is 0.721. The summed E-state index contributed by atoms with van der Waals surface area (Å²) in [4.78, 5) is 0.538. The van der Waals surface area contributed by atoms with E-state index in [9.17, 15) is 4.21 Å². The first-order valence-corrected chi connectivity index (χ1v) is 5.03. The van der Waals surface area contributed by atoms with Gasteiger partial charge in [0.25, 0.3) is 0 Å². The molecule has 0 radical (unpaired) electrons. The molecule has 0 bridgehead atoms. The third-order valence-corrected chi connectivity index (χ3v) is 3.19. The van der Waals surface area contributed by atoms with Crippen LogP contribution in [0.15, 0.2) is 29.2 Å². The van der Waals surface area contributed by atoms with E-state index in [2.05, 4.69) is 0 Å². The molecule has 1 aromatic rings. The molecule has 2 unspecified atom stereocenters. The normalized spacial score (nSPS) is 14.5. The Bertz CT molecular complexity index is 370. The number of nitrogens with zero attached hydrogens (tertiary/aromatic N) is 1. The predicted octanol–water partition coefficient (Wildman–Crippen LogP) is 1.29. The van der Waals surface area contributed by atoms with Crippen LogP contribution >= 0.6 is 0 Å². The standard InChI is InChI=1S/C9H10N2OS/c1-7(6-10)13(12)9-5-3-2-4-8(9)11/h2-5,7H,11H2,1H3. The molecule has 1 aromatic carbocycles. The summed E-state index contributed by atoms with van der Waals surface area (Å²) in [5.74, 6) is 0. The lowest BCUT2D eigenvalue weighted by atomic mass is 10.3. The zero-order valence-corrected chi connectivity index (χ0v) is 8.04. The highest BCUT2D eigenvalue weighted by molar-refractivity contribution is 7.86. The van der Waals surface area contributed by atoms with Gasteiger partial charge in [0, 0.05) is 5.69 Å². The Kier molecular flexibility index (Phi) is 3.04. The average molecular weight is 194 g/mol. The van der Waals surface area contributed by atoms with Crippen molar-refractivity contribution in [2.24, 2.45) is 0 Å². The van der Waals surface area contributed by atoms with Crippen LogP contribution in [0.1, 0.15) is 6.92 Å². The molecule has 0 aromatic heterocycles. The number of benzene rings is 1. The van der Waals surface area contributed by atoms with E-state index in [1.54, 1.807) is 31.2 Å². The lowest BCUT2D eigenvalue weighted by Gasteiger charge is -2.05. The lowest BCUT2D eigenvalue weighted by Crippen LogP contribution is -2.09. The van der Waals surface area contributed by atoms with Crippen LogP contribution < -0.4 is 5.73 Å². The van der Waals surface area contributed by atoms with Crippen LogP contribution in [0.2, 0.25) is 0 Å². The van der Waals surface area contributed by atoms with Crippen LogP contribution in [0, 0.1) is 11.3 Å². The first-order valence-electron chi connectivity index (χ1n) is 3.81. The Morgan fingerprint density at radius 1 is 1.54 bits per heavy atom. The van der Waals surface area contributed by atoms with E-state index in [4.69, 9.17) is 11.0 Å². The van der Waals surface area contributed by atoms with Crippen molar-refractivity contribution in [3.63, 3.8) is 0 Å². The van der Waals surface area contributed by atoms with Gasteiger partial charge >= 0.3 is 0 Å². The summed E-state index contributed by atoms with van der Waals surface area (Å²) in [5, 5.41) is 8.05. The first-order chi connectivity index (χ1) is 6.16. The van der Waals surface area contributed by atoms with Gasteiger partial charge in [-0.05, 0) is 19.1 Å². The van der Waals surface area contributed by atoms with Crippen LogP contribution in [-0.2, 0) is 10.8 Å². The molecule has 4 heteroatoms. The van der Waals surface area contributed by atoms with E-state index >= 15 is 0 Å². The van der Waals surface area contributed by atoms with E-state index in [0.717, 1.165) is 0 Å². The fourth-order valence-corrected chi connectivity index (χ4v) is 1.89. The molecule has 0 aliphatic heterocycles. The van der Waals surface area contributed by atoms with Crippen molar-refractivity contribution in [3.05, 3.63) is 24.3 Å². The molecule has 1 rings (SSSR count). The molecule has 0 aliphatic rings. The minimum absolute atomic E-state index is 0.475. The van der Waals surface area contributed by atoms with Gasteiger partial charge in [0.2, 0.25) is 0 Å². The molecular formula is C9H10N2OS. The predicted molar refractivity (Wildman–Crippen MR) is 52.3 cm³/mol. The van der Waals surface area contributed by atoms with Crippen molar-refractivity contribution in [2.45, 2.75) is 17.1 Å². The second kappa shape index (κ2) is 4.06. The highest BCUT2D eigenvalue weighted by atomic mass is 32.2. The Labute approximate surface area is 79.6 Å². The van der Waals surface area contributed by atoms with Gasteiger partial charge in [-0.1, -0.05) is 12.1 Å². The van der Waals surface area contributed by atoms with Gasteiger partial charge in [-0.3, -0.25) is 4.21 Å². The molecule has 2 N–H and O–H groups in total. The van der Waals surface area contributed by atoms with E-state index in [1.165, 1.54) is 0 Å². The van der Waals surface area contributed by atoms with E-state index in [0.29, 0.717) is 10.6 Å². The molecule has 0 fully saturated rings. The largest absolute Gasteiger partial charge is 0.398 e. The molecule has 0 aliphatic carbocycles. The van der Waals surface area contributed by atoms with Crippen molar-refractivity contribution in [1.82, 2.24) is 0 Å². The molecule has 0 heterocycles. The Morgan fingerprint density at radius 3 is 2.69 bits per heavy atom. The Balaban J connectivity index is 3.04. The van der Waals surface area contributed by atoms with Gasteiger partial charge < -0.3 is 5.73 Å². The summed E-state index contributed by atoms with van der Waals surface area (Å²) in [5.41, 5.74) is 6.09. The third kappa shape index (κ3) is 2.07. The topological polar surface area (TPSA) is 66.9 Å². The minimum Gasteiger partial charge on any atom is -0.398 e. The highest BCUT2D eigenvalue weighted by Crippen LogP contribution is 2.17. The molecule has 3 nitrogen and oxygen atoms in total. The molecule has 0 saturated carbocycles. The fourth-order valence-electron chi connectivity index (χ4n) is 0.902. The maximum atomic E-state index is 11.6. The molecule has 68 valence electrons. The number of rotatable bonds is 2. The molecule has 0 amide bonds. The summed E-state index contributed by atoms with van der Waals surface area (Å²) < 4.78 is 11.6. The molecular weight excluding hydrogens is 184 g/mol. The SMILES string of the molecule is CC(C#N)S(=O)c1ccccc1N. The van der Waals surface area contributed by atoms with Gasteiger partial charge in [-0.2, -0.15) is 5.26 Å². The number of nitrogen functional groups attached to an aromatic ring is 1. The van der Waals surface area contributed by atoms with E-state index < -0.39 is 16.0 Å². The van der Waals surface area contributed by atoms with Gasteiger partial charge in [0.15, 0.2) is 0 Å². The highest BCUT2D eigenvalue weighted by Gasteiger charge is 2.13. The van der Waals surface area contributed by atoms with Crippen LogP contribution in [-0.4, -0.2) is 9.46 Å². The van der Waals surface area contributed by atoms with E-state index in [1.807, 2.05) is 6.07 Å². The van der Waals surface area contributed by atoms with Gasteiger partial charge in [-0.25, -0.2) is 0 Å². The monoisotopic (exact) mass is 194 g/mol. The molecule has 0 saturated heterocycles. The second-order valence-electron chi connectivity index (χ2n) is 2.61. The smallest absolute Gasteiger partial charge is 0.123 e. The number of nitrogens with two attached hydrogens (primary N) is 1. The Morgan fingerprint density at radius 2 is 2.15 bits per heavy atom. The first kappa shape index (κ1) is 9.75. The van der Waals surface area contributed by atoms with Crippen molar-refractivity contribution in [2.75, 3.05) is 5.73 Å². The fraction of sp³-hybridized carbons (Fsp3) is 0.222.